The first-order valence-electron chi connectivity index (χ1n) is 10.9. The maximum absolute atomic E-state index is 8.38. The second-order valence-electron chi connectivity index (χ2n) is 7.64. The molecule has 1 atom stereocenters. The van der Waals surface area contributed by atoms with Gasteiger partial charge < -0.3 is 21.0 Å². The Kier molecular flexibility index (Phi) is 9.41. The summed E-state index contributed by atoms with van der Waals surface area (Å²) in [5.41, 5.74) is 8.86. The van der Waals surface area contributed by atoms with E-state index >= 15 is 0 Å². The van der Waals surface area contributed by atoms with Gasteiger partial charge in [0.25, 0.3) is 0 Å². The zero-order chi connectivity index (χ0) is 21.9. The third kappa shape index (κ3) is 6.35. The van der Waals surface area contributed by atoms with Crippen molar-refractivity contribution in [1.82, 2.24) is 14.8 Å². The highest BCUT2D eigenvalue weighted by molar-refractivity contribution is 5.96. The lowest BCUT2D eigenvalue weighted by atomic mass is 10.1. The molecule has 0 radical (unpaired) electrons. The highest BCUT2D eigenvalue weighted by Gasteiger charge is 2.16. The van der Waals surface area contributed by atoms with E-state index in [9.17, 15) is 0 Å². The van der Waals surface area contributed by atoms with Gasteiger partial charge in [0.15, 0.2) is 5.84 Å². The number of unbranched alkanes of at least 4 members (excludes halogenated alkanes) is 2. The summed E-state index contributed by atoms with van der Waals surface area (Å²) in [5.74, 6) is 6.34. The van der Waals surface area contributed by atoms with Gasteiger partial charge in [-0.15, -0.1) is 0 Å². The van der Waals surface area contributed by atoms with E-state index in [1.807, 2.05) is 29.9 Å². The van der Waals surface area contributed by atoms with Crippen molar-refractivity contribution < 1.29 is 0 Å². The van der Waals surface area contributed by atoms with Gasteiger partial charge in [-0.3, -0.25) is 10.7 Å². The molecule has 164 valence electrons. The van der Waals surface area contributed by atoms with E-state index < -0.39 is 0 Å². The zero-order valence-electron chi connectivity index (χ0n) is 18.6. The fourth-order valence-corrected chi connectivity index (χ4v) is 3.43. The Hall–Kier alpha value is -2.80. The SMILES string of the molecule is CCCCC(=N)N(C)C(CCCC)NCc1ccc(-n2cccc2/C(N)=N/N)cc1. The van der Waals surface area contributed by atoms with Crippen LogP contribution in [-0.4, -0.2) is 34.4 Å². The minimum absolute atomic E-state index is 0.172. The van der Waals surface area contributed by atoms with Gasteiger partial charge in [0.1, 0.15) is 0 Å². The normalized spacial score (nSPS) is 12.7. The Bertz CT molecular complexity index is 807. The molecule has 0 aliphatic heterocycles. The van der Waals surface area contributed by atoms with Crippen LogP contribution >= 0.6 is 0 Å². The molecule has 2 rings (SSSR count). The highest BCUT2D eigenvalue weighted by atomic mass is 15.3. The third-order valence-corrected chi connectivity index (χ3v) is 5.40. The van der Waals surface area contributed by atoms with E-state index in [2.05, 4.69) is 53.4 Å². The van der Waals surface area contributed by atoms with Crippen LogP contribution in [0.3, 0.4) is 0 Å². The molecule has 0 amide bonds. The molecule has 1 aromatic heterocycles. The largest absolute Gasteiger partial charge is 0.381 e. The lowest BCUT2D eigenvalue weighted by Gasteiger charge is -2.31. The third-order valence-electron chi connectivity index (χ3n) is 5.40. The Morgan fingerprint density at radius 3 is 2.50 bits per heavy atom. The summed E-state index contributed by atoms with van der Waals surface area (Å²) in [6, 6.07) is 12.2. The maximum Gasteiger partial charge on any atom is 0.167 e. The molecule has 7 heteroatoms. The topological polar surface area (TPSA) is 108 Å². The number of hydrogen-bond donors (Lipinski definition) is 4. The first-order chi connectivity index (χ1) is 14.5. The van der Waals surface area contributed by atoms with Gasteiger partial charge in [-0.2, -0.15) is 5.10 Å². The number of nitrogens with zero attached hydrogens (tertiary/aromatic N) is 3. The number of aromatic nitrogens is 1. The van der Waals surface area contributed by atoms with E-state index in [4.69, 9.17) is 17.0 Å². The van der Waals surface area contributed by atoms with Crippen LogP contribution in [0.15, 0.2) is 47.7 Å². The molecule has 1 heterocycles. The van der Waals surface area contributed by atoms with Gasteiger partial charge in [-0.25, -0.2) is 0 Å². The predicted molar refractivity (Wildman–Crippen MR) is 126 cm³/mol. The number of nitrogens with one attached hydrogen (secondary N) is 2. The van der Waals surface area contributed by atoms with Crippen LogP contribution in [0.5, 0.6) is 0 Å². The number of benzene rings is 1. The summed E-state index contributed by atoms with van der Waals surface area (Å²) >= 11 is 0. The van der Waals surface area contributed by atoms with Crippen molar-refractivity contribution in [1.29, 1.82) is 5.41 Å². The lowest BCUT2D eigenvalue weighted by molar-refractivity contribution is 0.273. The molecular weight excluding hydrogens is 374 g/mol. The Labute approximate surface area is 180 Å². The second-order valence-corrected chi connectivity index (χ2v) is 7.64. The summed E-state index contributed by atoms with van der Waals surface area (Å²) in [7, 11) is 2.03. The quantitative estimate of drug-likeness (QED) is 0.140. The van der Waals surface area contributed by atoms with E-state index in [0.29, 0.717) is 11.7 Å². The molecule has 0 spiro atoms. The zero-order valence-corrected chi connectivity index (χ0v) is 18.6. The summed E-state index contributed by atoms with van der Waals surface area (Å²) in [4.78, 5) is 2.10. The minimum Gasteiger partial charge on any atom is -0.381 e. The van der Waals surface area contributed by atoms with Crippen molar-refractivity contribution in [2.24, 2.45) is 16.7 Å². The lowest BCUT2D eigenvalue weighted by Crippen LogP contribution is -2.46. The van der Waals surface area contributed by atoms with Crippen LogP contribution < -0.4 is 16.9 Å². The molecule has 0 saturated heterocycles. The maximum atomic E-state index is 8.38. The van der Waals surface area contributed by atoms with Gasteiger partial charge in [-0.05, 0) is 42.7 Å². The number of amidine groups is 2. The monoisotopic (exact) mass is 411 g/mol. The number of rotatable bonds is 12. The fourth-order valence-electron chi connectivity index (χ4n) is 3.43. The van der Waals surface area contributed by atoms with Gasteiger partial charge in [0, 0.05) is 31.9 Å². The van der Waals surface area contributed by atoms with Crippen LogP contribution in [0, 0.1) is 5.41 Å². The predicted octanol–water partition coefficient (Wildman–Crippen LogP) is 3.76. The molecule has 6 N–H and O–H groups in total. The van der Waals surface area contributed by atoms with Crippen LogP contribution in [0.1, 0.15) is 63.6 Å². The van der Waals surface area contributed by atoms with Crippen molar-refractivity contribution in [3.05, 3.63) is 53.9 Å². The molecule has 0 aliphatic carbocycles. The molecular formula is C23H37N7. The van der Waals surface area contributed by atoms with E-state index in [1.54, 1.807) is 0 Å². The first-order valence-corrected chi connectivity index (χ1v) is 10.9. The van der Waals surface area contributed by atoms with Crippen molar-refractivity contribution in [2.45, 2.75) is 65.1 Å². The summed E-state index contributed by atoms with van der Waals surface area (Å²) in [6.45, 7) is 5.12. The summed E-state index contributed by atoms with van der Waals surface area (Å²) in [5, 5.41) is 15.6. The fraction of sp³-hybridized carbons (Fsp3) is 0.478. The van der Waals surface area contributed by atoms with Crippen molar-refractivity contribution >= 4 is 11.7 Å². The van der Waals surface area contributed by atoms with Gasteiger partial charge in [-0.1, -0.05) is 45.2 Å². The molecule has 1 unspecified atom stereocenters. The molecule has 7 nitrogen and oxygen atoms in total. The number of hydrogen-bond acceptors (Lipinski definition) is 4. The van der Waals surface area contributed by atoms with E-state index in [-0.39, 0.29) is 6.17 Å². The Morgan fingerprint density at radius 2 is 1.87 bits per heavy atom. The smallest absolute Gasteiger partial charge is 0.167 e. The molecule has 2 aromatic rings. The van der Waals surface area contributed by atoms with Crippen LogP contribution in [0.25, 0.3) is 5.69 Å². The van der Waals surface area contributed by atoms with Crippen LogP contribution in [-0.2, 0) is 6.54 Å². The molecule has 0 saturated carbocycles. The van der Waals surface area contributed by atoms with Gasteiger partial charge >= 0.3 is 0 Å². The minimum atomic E-state index is 0.172. The van der Waals surface area contributed by atoms with Crippen molar-refractivity contribution in [2.75, 3.05) is 7.05 Å². The second kappa shape index (κ2) is 12.0. The Morgan fingerprint density at radius 1 is 1.17 bits per heavy atom. The first kappa shape index (κ1) is 23.5. The number of hydrazone groups is 1. The molecule has 1 aromatic carbocycles. The van der Waals surface area contributed by atoms with Crippen LogP contribution in [0.4, 0.5) is 0 Å². The van der Waals surface area contributed by atoms with Crippen LogP contribution in [0.2, 0.25) is 0 Å². The molecule has 0 fully saturated rings. The molecule has 0 bridgehead atoms. The average Bonchev–Trinajstić information content (AvgIpc) is 3.27. The summed E-state index contributed by atoms with van der Waals surface area (Å²) in [6.07, 6.45) is 8.45. The van der Waals surface area contributed by atoms with E-state index in [1.165, 1.54) is 5.56 Å². The van der Waals surface area contributed by atoms with Gasteiger partial charge in [0.2, 0.25) is 0 Å². The van der Waals surface area contributed by atoms with Crippen molar-refractivity contribution in [3.63, 3.8) is 0 Å². The van der Waals surface area contributed by atoms with Gasteiger partial charge in [0.05, 0.1) is 17.7 Å². The summed E-state index contributed by atoms with van der Waals surface area (Å²) < 4.78 is 1.97. The Balaban J connectivity index is 2.04. The number of nitrogens with two attached hydrogens (primary N) is 2. The molecule has 30 heavy (non-hydrogen) atoms. The standard InChI is InChI=1S/C23H37N7/c1-4-6-10-21(24)29(3)22(11-7-5-2)27-17-18-12-14-19(15-13-18)30-16-8-9-20(30)23(25)28-26/h8-9,12-16,22,24,27H,4-7,10-11,17,26H2,1-3H3,(H2,25,28). The average molecular weight is 412 g/mol. The van der Waals surface area contributed by atoms with E-state index in [0.717, 1.165) is 56.5 Å². The molecule has 0 aliphatic rings. The highest BCUT2D eigenvalue weighted by Crippen LogP contribution is 2.15. The van der Waals surface area contributed by atoms with Crippen molar-refractivity contribution in [3.8, 4) is 5.69 Å².